The molecular formula is C3H13ClN2. The molecule has 0 aliphatic carbocycles. The largest absolute Gasteiger partial charge is 1.00 e. The quantitative estimate of drug-likeness (QED) is 0.369. The first kappa shape index (κ1) is 16.4. The van der Waals surface area contributed by atoms with Crippen LogP contribution in [0.15, 0.2) is 0 Å². The Morgan fingerprint density at radius 1 is 1.50 bits per heavy atom. The molecule has 0 rings (SSSR count). The van der Waals surface area contributed by atoms with E-state index >= 15 is 0 Å². The molecule has 0 aromatic carbocycles. The second kappa shape index (κ2) is 18.9. The van der Waals surface area contributed by atoms with Gasteiger partial charge in [0.2, 0.25) is 0 Å². The SMILES string of the molecule is CCC[NH3+].N.[Cl-]. The predicted molar refractivity (Wildman–Crippen MR) is 23.1 cm³/mol. The minimum absolute atomic E-state index is 0. The van der Waals surface area contributed by atoms with Gasteiger partial charge in [-0.25, -0.2) is 0 Å². The molecule has 0 radical (unpaired) electrons. The molecule has 0 bridgehead atoms. The van der Waals surface area contributed by atoms with E-state index in [0.29, 0.717) is 0 Å². The van der Waals surface area contributed by atoms with Crippen LogP contribution in [0.2, 0.25) is 0 Å². The molecule has 0 aliphatic rings. The first-order valence-corrected chi connectivity index (χ1v) is 1.71. The number of halogens is 1. The fourth-order valence-corrected chi connectivity index (χ4v) is 0. The third-order valence-corrected chi connectivity index (χ3v) is 0.354. The van der Waals surface area contributed by atoms with E-state index in [4.69, 9.17) is 0 Å². The molecule has 0 aromatic heterocycles. The summed E-state index contributed by atoms with van der Waals surface area (Å²) in [7, 11) is 0. The zero-order chi connectivity index (χ0) is 3.41. The molecule has 0 amide bonds. The van der Waals surface area contributed by atoms with Crippen LogP contribution in [-0.2, 0) is 0 Å². The first-order valence-electron chi connectivity index (χ1n) is 1.71. The lowest BCUT2D eigenvalue weighted by molar-refractivity contribution is -0.367. The highest BCUT2D eigenvalue weighted by Crippen LogP contribution is 1.54. The molecule has 0 aliphatic heterocycles. The summed E-state index contributed by atoms with van der Waals surface area (Å²) in [6.45, 7) is 3.19. The van der Waals surface area contributed by atoms with Crippen molar-refractivity contribution in [3.8, 4) is 0 Å². The van der Waals surface area contributed by atoms with Crippen LogP contribution >= 0.6 is 0 Å². The van der Waals surface area contributed by atoms with Crippen molar-refractivity contribution in [1.82, 2.24) is 6.15 Å². The monoisotopic (exact) mass is 112 g/mol. The standard InChI is InChI=1S/C3H9N.ClH.H3N/c1-2-3-4;;/h2-4H2,1H3;1H;1H3. The summed E-state index contributed by atoms with van der Waals surface area (Å²) in [5.41, 5.74) is 3.60. The minimum atomic E-state index is 0. The molecular weight excluding hydrogens is 99.5 g/mol. The smallest absolute Gasteiger partial charge is 0.0737 e. The Hall–Kier alpha value is 0.210. The van der Waals surface area contributed by atoms with E-state index < -0.39 is 0 Å². The summed E-state index contributed by atoms with van der Waals surface area (Å²) in [6, 6.07) is 0. The Bertz CT molecular complexity index is 10.8. The van der Waals surface area contributed by atoms with Gasteiger partial charge < -0.3 is 24.3 Å². The van der Waals surface area contributed by atoms with E-state index in [-0.39, 0.29) is 18.6 Å². The zero-order valence-electron chi connectivity index (χ0n) is 4.21. The van der Waals surface area contributed by atoms with Gasteiger partial charge in [-0.1, -0.05) is 6.92 Å². The van der Waals surface area contributed by atoms with E-state index in [1.54, 1.807) is 0 Å². The maximum atomic E-state index is 3.60. The summed E-state index contributed by atoms with van der Waals surface area (Å²) >= 11 is 0. The summed E-state index contributed by atoms with van der Waals surface area (Å²) in [5.74, 6) is 0. The highest BCUT2D eigenvalue weighted by molar-refractivity contribution is 4.07. The average Bonchev–Trinajstić information content (AvgIpc) is 1.37. The van der Waals surface area contributed by atoms with E-state index in [1.165, 1.54) is 6.42 Å². The van der Waals surface area contributed by atoms with Gasteiger partial charge in [-0.3, -0.25) is 0 Å². The Labute approximate surface area is 45.1 Å². The molecule has 0 heterocycles. The Balaban J connectivity index is -0.0000000450. The molecule has 0 saturated carbocycles. The number of hydrogen-bond acceptors (Lipinski definition) is 1. The van der Waals surface area contributed by atoms with Gasteiger partial charge in [0.15, 0.2) is 0 Å². The lowest BCUT2D eigenvalue weighted by Gasteiger charge is -1.66. The molecule has 6 N–H and O–H groups in total. The van der Waals surface area contributed by atoms with Gasteiger partial charge >= 0.3 is 0 Å². The van der Waals surface area contributed by atoms with Crippen molar-refractivity contribution in [2.45, 2.75) is 13.3 Å². The van der Waals surface area contributed by atoms with Crippen LogP contribution in [0.5, 0.6) is 0 Å². The van der Waals surface area contributed by atoms with Crippen LogP contribution in [-0.4, -0.2) is 6.54 Å². The summed E-state index contributed by atoms with van der Waals surface area (Å²) in [5, 5.41) is 0. The first-order chi connectivity index (χ1) is 1.91. The predicted octanol–water partition coefficient (Wildman–Crippen LogP) is -3.20. The summed E-state index contributed by atoms with van der Waals surface area (Å²) < 4.78 is 0. The molecule has 2 nitrogen and oxygen atoms in total. The van der Waals surface area contributed by atoms with Gasteiger partial charge in [0.05, 0.1) is 6.54 Å². The van der Waals surface area contributed by atoms with Crippen LogP contribution < -0.4 is 24.3 Å². The Morgan fingerprint density at radius 3 is 1.67 bits per heavy atom. The molecule has 0 spiro atoms. The lowest BCUT2D eigenvalue weighted by atomic mass is 10.5. The van der Waals surface area contributed by atoms with Crippen LogP contribution in [0.3, 0.4) is 0 Å². The number of quaternary nitrogens is 1. The minimum Gasteiger partial charge on any atom is -1.00 e. The van der Waals surface area contributed by atoms with Crippen LogP contribution in [0, 0.1) is 0 Å². The van der Waals surface area contributed by atoms with Crippen molar-refractivity contribution in [1.29, 1.82) is 0 Å². The number of rotatable bonds is 1. The van der Waals surface area contributed by atoms with Gasteiger partial charge in [0.1, 0.15) is 0 Å². The third kappa shape index (κ3) is 29.6. The van der Waals surface area contributed by atoms with Gasteiger partial charge in [0, 0.05) is 0 Å². The van der Waals surface area contributed by atoms with E-state index in [1.807, 2.05) is 0 Å². The highest BCUT2D eigenvalue weighted by atomic mass is 35.5. The average molecular weight is 113 g/mol. The Morgan fingerprint density at radius 2 is 1.67 bits per heavy atom. The molecule has 0 aromatic rings. The highest BCUT2D eigenvalue weighted by Gasteiger charge is 1.59. The molecule has 42 valence electrons. The van der Waals surface area contributed by atoms with Crippen molar-refractivity contribution in [3.63, 3.8) is 0 Å². The van der Waals surface area contributed by atoms with Crippen molar-refractivity contribution in [2.75, 3.05) is 6.54 Å². The van der Waals surface area contributed by atoms with Crippen LogP contribution in [0.25, 0.3) is 0 Å². The van der Waals surface area contributed by atoms with Gasteiger partial charge in [-0.15, -0.1) is 0 Å². The van der Waals surface area contributed by atoms with Gasteiger partial charge in [-0.2, -0.15) is 0 Å². The van der Waals surface area contributed by atoms with Crippen LogP contribution in [0.1, 0.15) is 13.3 Å². The molecule has 6 heavy (non-hydrogen) atoms. The van der Waals surface area contributed by atoms with E-state index in [0.717, 1.165) is 6.54 Å². The van der Waals surface area contributed by atoms with Crippen molar-refractivity contribution in [3.05, 3.63) is 0 Å². The molecule has 0 atom stereocenters. The topological polar surface area (TPSA) is 62.6 Å². The zero-order valence-corrected chi connectivity index (χ0v) is 4.96. The van der Waals surface area contributed by atoms with Crippen molar-refractivity contribution >= 4 is 0 Å². The fraction of sp³-hybridized carbons (Fsp3) is 1.00. The third-order valence-electron chi connectivity index (χ3n) is 0.354. The van der Waals surface area contributed by atoms with E-state index in [9.17, 15) is 0 Å². The maximum Gasteiger partial charge on any atom is 0.0737 e. The normalized spacial score (nSPS) is 5.00. The summed E-state index contributed by atoms with van der Waals surface area (Å²) in [4.78, 5) is 0. The van der Waals surface area contributed by atoms with Crippen molar-refractivity contribution < 1.29 is 18.1 Å². The van der Waals surface area contributed by atoms with Gasteiger partial charge in [0.25, 0.3) is 0 Å². The van der Waals surface area contributed by atoms with Crippen LogP contribution in [0.4, 0.5) is 0 Å². The van der Waals surface area contributed by atoms with E-state index in [2.05, 4.69) is 12.7 Å². The lowest BCUT2D eigenvalue weighted by Crippen LogP contribution is -3.00. The second-order valence-corrected chi connectivity index (χ2v) is 0.854. The Kier molecular flexibility index (Phi) is 51.5. The fourth-order valence-electron chi connectivity index (χ4n) is 0. The molecule has 0 unspecified atom stereocenters. The number of hydrogen-bond donors (Lipinski definition) is 2. The second-order valence-electron chi connectivity index (χ2n) is 0.854. The molecule has 0 saturated heterocycles. The molecule has 3 heteroatoms. The van der Waals surface area contributed by atoms with Gasteiger partial charge in [-0.05, 0) is 6.42 Å². The molecule has 0 fully saturated rings. The summed E-state index contributed by atoms with van der Waals surface area (Å²) in [6.07, 6.45) is 1.21. The maximum absolute atomic E-state index is 3.60. The van der Waals surface area contributed by atoms with Crippen molar-refractivity contribution in [2.24, 2.45) is 0 Å².